The lowest BCUT2D eigenvalue weighted by Gasteiger charge is -2.12. The number of nitrogens with two attached hydrogens (primary N) is 1. The summed E-state index contributed by atoms with van der Waals surface area (Å²) in [6.45, 7) is 4.07. The van der Waals surface area contributed by atoms with Gasteiger partial charge in [0.1, 0.15) is 5.84 Å². The maximum absolute atomic E-state index is 7.24. The number of hydrogen-bond donors (Lipinski definition) is 3. The molecule has 0 unspecified atom stereocenters. The van der Waals surface area contributed by atoms with Crippen molar-refractivity contribution in [3.8, 4) is 0 Å². The summed E-state index contributed by atoms with van der Waals surface area (Å²) in [5.74, 6) is 0.0306. The summed E-state index contributed by atoms with van der Waals surface area (Å²) in [7, 11) is 0. The van der Waals surface area contributed by atoms with Gasteiger partial charge in [0.15, 0.2) is 0 Å². The van der Waals surface area contributed by atoms with E-state index < -0.39 is 0 Å². The van der Waals surface area contributed by atoms with Crippen LogP contribution in [0.1, 0.15) is 19.4 Å². The van der Waals surface area contributed by atoms with Crippen LogP contribution in [-0.4, -0.2) is 11.9 Å². The first-order valence-corrected chi connectivity index (χ1v) is 4.79. The molecule has 0 spiro atoms. The van der Waals surface area contributed by atoms with Gasteiger partial charge in [-0.3, -0.25) is 5.41 Å². The molecule has 4 heteroatoms. The highest BCUT2D eigenvalue weighted by Gasteiger charge is 2.04. The normalized spacial score (nSPS) is 10.3. The van der Waals surface area contributed by atoms with Crippen molar-refractivity contribution in [1.29, 1.82) is 5.41 Å². The van der Waals surface area contributed by atoms with Gasteiger partial charge in [0.2, 0.25) is 0 Å². The second kappa shape index (κ2) is 4.33. The second-order valence-electron chi connectivity index (χ2n) is 3.41. The summed E-state index contributed by atoms with van der Waals surface area (Å²) < 4.78 is 0. The third-order valence-corrected chi connectivity index (χ3v) is 2.04. The second-order valence-corrected chi connectivity index (χ2v) is 3.81. The molecule has 0 heterocycles. The molecule has 0 bridgehead atoms. The van der Waals surface area contributed by atoms with E-state index in [1.807, 2.05) is 19.9 Å². The van der Waals surface area contributed by atoms with Gasteiger partial charge in [-0.1, -0.05) is 11.6 Å². The van der Waals surface area contributed by atoms with Crippen LogP contribution in [0.2, 0.25) is 5.02 Å². The van der Waals surface area contributed by atoms with E-state index in [1.54, 1.807) is 12.1 Å². The summed E-state index contributed by atoms with van der Waals surface area (Å²) >= 11 is 6.00. The third kappa shape index (κ3) is 2.64. The molecule has 0 aliphatic carbocycles. The quantitative estimate of drug-likeness (QED) is 0.531. The first kappa shape index (κ1) is 10.9. The van der Waals surface area contributed by atoms with Gasteiger partial charge in [-0.15, -0.1) is 0 Å². The average molecular weight is 212 g/mol. The molecule has 0 saturated heterocycles. The number of amidine groups is 1. The first-order valence-electron chi connectivity index (χ1n) is 4.41. The molecule has 0 radical (unpaired) electrons. The van der Waals surface area contributed by atoms with Crippen LogP contribution in [0.3, 0.4) is 0 Å². The van der Waals surface area contributed by atoms with E-state index in [0.717, 1.165) is 5.69 Å². The number of rotatable bonds is 3. The number of nitrogen functional groups attached to an aromatic ring is 1. The Kier molecular flexibility index (Phi) is 3.36. The van der Waals surface area contributed by atoms with Crippen molar-refractivity contribution in [2.75, 3.05) is 5.32 Å². The van der Waals surface area contributed by atoms with Crippen molar-refractivity contribution in [2.45, 2.75) is 19.9 Å². The van der Waals surface area contributed by atoms with Crippen LogP contribution in [0.25, 0.3) is 0 Å². The van der Waals surface area contributed by atoms with Crippen molar-refractivity contribution in [1.82, 2.24) is 0 Å². The number of hydrogen-bond acceptors (Lipinski definition) is 2. The van der Waals surface area contributed by atoms with E-state index >= 15 is 0 Å². The van der Waals surface area contributed by atoms with Crippen molar-refractivity contribution in [3.05, 3.63) is 28.8 Å². The molecule has 3 nitrogen and oxygen atoms in total. The van der Waals surface area contributed by atoms with E-state index in [0.29, 0.717) is 16.6 Å². The molecule has 1 rings (SSSR count). The van der Waals surface area contributed by atoms with Gasteiger partial charge in [-0.2, -0.15) is 0 Å². The van der Waals surface area contributed by atoms with Crippen molar-refractivity contribution >= 4 is 23.1 Å². The van der Waals surface area contributed by atoms with Crippen LogP contribution in [0.4, 0.5) is 5.69 Å². The molecular weight excluding hydrogens is 198 g/mol. The minimum absolute atomic E-state index is 0.0306. The summed E-state index contributed by atoms with van der Waals surface area (Å²) in [5.41, 5.74) is 6.85. The van der Waals surface area contributed by atoms with E-state index in [9.17, 15) is 0 Å². The number of nitrogens with one attached hydrogen (secondary N) is 2. The standard InChI is InChI=1S/C10H14ClN3/c1-6(2)14-9-4-3-7(10(12)13)5-8(9)11/h3-6,14H,1-2H3,(H3,12,13). The number of benzene rings is 1. The predicted molar refractivity (Wildman–Crippen MR) is 61.2 cm³/mol. The molecule has 76 valence electrons. The Morgan fingerprint density at radius 3 is 2.57 bits per heavy atom. The monoisotopic (exact) mass is 211 g/mol. The van der Waals surface area contributed by atoms with Crippen LogP contribution in [0, 0.1) is 5.41 Å². The lowest BCUT2D eigenvalue weighted by molar-refractivity contribution is 0.900. The summed E-state index contributed by atoms with van der Waals surface area (Å²) in [6.07, 6.45) is 0. The molecule has 0 saturated carbocycles. The smallest absolute Gasteiger partial charge is 0.122 e. The molecule has 14 heavy (non-hydrogen) atoms. The van der Waals surface area contributed by atoms with Gasteiger partial charge in [0.25, 0.3) is 0 Å². The molecule has 0 atom stereocenters. The van der Waals surface area contributed by atoms with Crippen molar-refractivity contribution in [3.63, 3.8) is 0 Å². The zero-order valence-corrected chi connectivity index (χ0v) is 9.02. The topological polar surface area (TPSA) is 61.9 Å². The van der Waals surface area contributed by atoms with E-state index in [4.69, 9.17) is 22.7 Å². The van der Waals surface area contributed by atoms with Gasteiger partial charge in [0.05, 0.1) is 10.7 Å². The highest BCUT2D eigenvalue weighted by atomic mass is 35.5. The molecule has 0 aromatic heterocycles. The van der Waals surface area contributed by atoms with Crippen molar-refractivity contribution < 1.29 is 0 Å². The fourth-order valence-corrected chi connectivity index (χ4v) is 1.35. The molecule has 0 aliphatic heterocycles. The molecule has 0 fully saturated rings. The van der Waals surface area contributed by atoms with Crippen LogP contribution in [0.5, 0.6) is 0 Å². The predicted octanol–water partition coefficient (Wildman–Crippen LogP) is 2.44. The van der Waals surface area contributed by atoms with Gasteiger partial charge >= 0.3 is 0 Å². The van der Waals surface area contributed by atoms with E-state index in [1.165, 1.54) is 0 Å². The lowest BCUT2D eigenvalue weighted by Crippen LogP contribution is -2.13. The Morgan fingerprint density at radius 2 is 2.14 bits per heavy atom. The van der Waals surface area contributed by atoms with Gasteiger partial charge in [-0.25, -0.2) is 0 Å². The van der Waals surface area contributed by atoms with Crippen LogP contribution < -0.4 is 11.1 Å². The molecule has 0 amide bonds. The highest BCUT2D eigenvalue weighted by molar-refractivity contribution is 6.33. The third-order valence-electron chi connectivity index (χ3n) is 1.72. The average Bonchev–Trinajstić information content (AvgIpc) is 2.07. The summed E-state index contributed by atoms with van der Waals surface area (Å²) in [5, 5.41) is 11.0. The minimum Gasteiger partial charge on any atom is -0.384 e. The Hall–Kier alpha value is -1.22. The SMILES string of the molecule is CC(C)Nc1ccc(C(=N)N)cc1Cl. The Morgan fingerprint density at radius 1 is 1.50 bits per heavy atom. The highest BCUT2D eigenvalue weighted by Crippen LogP contribution is 2.23. The van der Waals surface area contributed by atoms with Gasteiger partial charge in [0, 0.05) is 11.6 Å². The lowest BCUT2D eigenvalue weighted by atomic mass is 10.2. The van der Waals surface area contributed by atoms with Crippen LogP contribution in [-0.2, 0) is 0 Å². The molecule has 1 aromatic rings. The minimum atomic E-state index is 0.0306. The summed E-state index contributed by atoms with van der Waals surface area (Å²) in [4.78, 5) is 0. The first-order chi connectivity index (χ1) is 6.50. The van der Waals surface area contributed by atoms with Gasteiger partial charge < -0.3 is 11.1 Å². The van der Waals surface area contributed by atoms with E-state index in [2.05, 4.69) is 5.32 Å². The zero-order valence-electron chi connectivity index (χ0n) is 8.26. The number of halogens is 1. The van der Waals surface area contributed by atoms with Crippen LogP contribution >= 0.6 is 11.6 Å². The Labute approximate surface area is 88.8 Å². The zero-order chi connectivity index (χ0) is 10.7. The maximum atomic E-state index is 7.24. The summed E-state index contributed by atoms with van der Waals surface area (Å²) in [6, 6.07) is 5.63. The fraction of sp³-hybridized carbons (Fsp3) is 0.300. The number of anilines is 1. The van der Waals surface area contributed by atoms with Crippen molar-refractivity contribution in [2.24, 2.45) is 5.73 Å². The maximum Gasteiger partial charge on any atom is 0.122 e. The molecule has 1 aromatic carbocycles. The molecular formula is C10H14ClN3. The fourth-order valence-electron chi connectivity index (χ4n) is 1.11. The molecule has 0 aliphatic rings. The Bertz CT molecular complexity index is 347. The Balaban J connectivity index is 2.95. The van der Waals surface area contributed by atoms with E-state index in [-0.39, 0.29) is 5.84 Å². The van der Waals surface area contributed by atoms with Crippen LogP contribution in [0.15, 0.2) is 18.2 Å². The van der Waals surface area contributed by atoms with Gasteiger partial charge in [-0.05, 0) is 32.0 Å². The molecule has 4 N–H and O–H groups in total. The largest absolute Gasteiger partial charge is 0.384 e.